The molecule has 0 spiro atoms. The third-order valence-corrected chi connectivity index (χ3v) is 3.29. The second kappa shape index (κ2) is 5.48. The lowest BCUT2D eigenvalue weighted by molar-refractivity contribution is 0.592. The molecule has 1 fully saturated rings. The summed E-state index contributed by atoms with van der Waals surface area (Å²) in [4.78, 5) is 0. The number of aromatic nitrogens is 2. The van der Waals surface area contributed by atoms with Gasteiger partial charge in [0.2, 0.25) is 0 Å². The Bertz CT molecular complexity index is 319. The maximum atomic E-state index is 4.34. The van der Waals surface area contributed by atoms with E-state index in [2.05, 4.69) is 30.5 Å². The molecule has 0 aliphatic heterocycles. The highest BCUT2D eigenvalue weighted by Gasteiger charge is 2.35. The minimum Gasteiger partial charge on any atom is -0.310 e. The van der Waals surface area contributed by atoms with Crippen molar-refractivity contribution in [3.63, 3.8) is 0 Å². The summed E-state index contributed by atoms with van der Waals surface area (Å²) in [6, 6.07) is 0.773. The lowest BCUT2D eigenvalue weighted by Gasteiger charge is -2.01. The normalized spacial score (nSPS) is 23.6. The van der Waals surface area contributed by atoms with Crippen molar-refractivity contribution in [2.24, 2.45) is 5.92 Å². The van der Waals surface area contributed by atoms with Gasteiger partial charge in [-0.1, -0.05) is 20.3 Å². The number of hydrogen-bond acceptors (Lipinski definition) is 2. The molecule has 1 heterocycles. The Morgan fingerprint density at radius 3 is 3.06 bits per heavy atom. The summed E-state index contributed by atoms with van der Waals surface area (Å²) in [6.07, 6.45) is 9.37. The van der Waals surface area contributed by atoms with Gasteiger partial charge < -0.3 is 5.32 Å². The first-order chi connectivity index (χ1) is 7.83. The lowest BCUT2D eigenvalue weighted by Crippen LogP contribution is -2.17. The van der Waals surface area contributed by atoms with Crippen molar-refractivity contribution in [1.29, 1.82) is 0 Å². The molecule has 0 bridgehead atoms. The van der Waals surface area contributed by atoms with E-state index in [1.165, 1.54) is 24.8 Å². The topological polar surface area (TPSA) is 29.9 Å². The molecule has 1 aromatic rings. The highest BCUT2D eigenvalue weighted by atomic mass is 15.3. The first-order valence-electron chi connectivity index (χ1n) is 6.58. The van der Waals surface area contributed by atoms with Crippen LogP contribution in [-0.2, 0) is 13.1 Å². The molecule has 1 aliphatic carbocycles. The molecule has 2 rings (SSSR count). The molecule has 0 radical (unpaired) electrons. The minimum atomic E-state index is 0.773. The van der Waals surface area contributed by atoms with Gasteiger partial charge in [-0.3, -0.25) is 4.68 Å². The van der Waals surface area contributed by atoms with Crippen molar-refractivity contribution in [2.45, 2.75) is 58.7 Å². The average molecular weight is 221 g/mol. The standard InChI is InChI=1S/C13H23N3/c1-3-5-12-7-13(12)14-8-11-9-15-16(10-11)6-4-2/h9-10,12-14H,3-8H2,1-2H3. The number of rotatable bonds is 7. The van der Waals surface area contributed by atoms with Crippen LogP contribution in [0.4, 0.5) is 0 Å². The van der Waals surface area contributed by atoms with Gasteiger partial charge in [0, 0.05) is 30.9 Å². The summed E-state index contributed by atoms with van der Waals surface area (Å²) >= 11 is 0. The lowest BCUT2D eigenvalue weighted by atomic mass is 10.2. The maximum absolute atomic E-state index is 4.34. The second-order valence-electron chi connectivity index (χ2n) is 4.88. The molecule has 90 valence electrons. The fraction of sp³-hybridized carbons (Fsp3) is 0.769. The monoisotopic (exact) mass is 221 g/mol. The third kappa shape index (κ3) is 3.08. The molecule has 2 atom stereocenters. The molecule has 1 saturated carbocycles. The maximum Gasteiger partial charge on any atom is 0.0534 e. The van der Waals surface area contributed by atoms with E-state index >= 15 is 0 Å². The van der Waals surface area contributed by atoms with Gasteiger partial charge in [0.15, 0.2) is 0 Å². The fourth-order valence-corrected chi connectivity index (χ4v) is 2.29. The van der Waals surface area contributed by atoms with E-state index in [1.54, 1.807) is 0 Å². The number of aryl methyl sites for hydroxylation is 1. The van der Waals surface area contributed by atoms with E-state index in [4.69, 9.17) is 0 Å². The Balaban J connectivity index is 1.69. The van der Waals surface area contributed by atoms with Crippen LogP contribution in [0.2, 0.25) is 0 Å². The van der Waals surface area contributed by atoms with Crippen molar-refractivity contribution in [2.75, 3.05) is 0 Å². The van der Waals surface area contributed by atoms with Crippen LogP contribution in [-0.4, -0.2) is 15.8 Å². The first kappa shape index (κ1) is 11.6. The van der Waals surface area contributed by atoms with Gasteiger partial charge in [-0.15, -0.1) is 0 Å². The number of nitrogens with zero attached hydrogens (tertiary/aromatic N) is 2. The molecule has 2 unspecified atom stereocenters. The quantitative estimate of drug-likeness (QED) is 0.767. The van der Waals surface area contributed by atoms with Crippen LogP contribution in [0.1, 0.15) is 45.1 Å². The summed E-state index contributed by atoms with van der Waals surface area (Å²) in [5, 5.41) is 7.95. The minimum absolute atomic E-state index is 0.773. The van der Waals surface area contributed by atoms with E-state index in [9.17, 15) is 0 Å². The molecule has 16 heavy (non-hydrogen) atoms. The Morgan fingerprint density at radius 2 is 2.31 bits per heavy atom. The van der Waals surface area contributed by atoms with Crippen LogP contribution in [0.5, 0.6) is 0 Å². The van der Waals surface area contributed by atoms with E-state index < -0.39 is 0 Å². The van der Waals surface area contributed by atoms with Crippen LogP contribution < -0.4 is 5.32 Å². The van der Waals surface area contributed by atoms with E-state index in [1.807, 2.05) is 10.9 Å². The van der Waals surface area contributed by atoms with Gasteiger partial charge >= 0.3 is 0 Å². The van der Waals surface area contributed by atoms with Gasteiger partial charge in [0.05, 0.1) is 6.20 Å². The van der Waals surface area contributed by atoms with Crippen molar-refractivity contribution >= 4 is 0 Å². The summed E-state index contributed by atoms with van der Waals surface area (Å²) in [5.41, 5.74) is 1.32. The number of hydrogen-bond donors (Lipinski definition) is 1. The molecule has 1 N–H and O–H groups in total. The van der Waals surface area contributed by atoms with Crippen molar-refractivity contribution in [3.05, 3.63) is 18.0 Å². The van der Waals surface area contributed by atoms with Gasteiger partial charge in [-0.25, -0.2) is 0 Å². The van der Waals surface area contributed by atoms with E-state index in [0.29, 0.717) is 0 Å². The Kier molecular flexibility index (Phi) is 3.99. The summed E-state index contributed by atoms with van der Waals surface area (Å²) < 4.78 is 2.04. The molecule has 3 nitrogen and oxygen atoms in total. The fourth-order valence-electron chi connectivity index (χ4n) is 2.29. The first-order valence-corrected chi connectivity index (χ1v) is 6.58. The molecule has 1 aliphatic rings. The molecule has 1 aromatic heterocycles. The van der Waals surface area contributed by atoms with Crippen LogP contribution in [0.3, 0.4) is 0 Å². The average Bonchev–Trinajstić information content (AvgIpc) is 2.85. The molecule has 0 aromatic carbocycles. The molecular formula is C13H23N3. The summed E-state index contributed by atoms with van der Waals surface area (Å²) in [6.45, 7) is 6.46. The summed E-state index contributed by atoms with van der Waals surface area (Å²) in [5.74, 6) is 0.940. The molecule has 3 heteroatoms. The smallest absolute Gasteiger partial charge is 0.0534 e. The van der Waals surface area contributed by atoms with Crippen LogP contribution in [0, 0.1) is 5.92 Å². The van der Waals surface area contributed by atoms with Gasteiger partial charge in [-0.05, 0) is 25.2 Å². The third-order valence-electron chi connectivity index (χ3n) is 3.29. The van der Waals surface area contributed by atoms with Gasteiger partial charge in [0.25, 0.3) is 0 Å². The van der Waals surface area contributed by atoms with Crippen LogP contribution in [0.15, 0.2) is 12.4 Å². The van der Waals surface area contributed by atoms with Crippen molar-refractivity contribution in [1.82, 2.24) is 15.1 Å². The van der Waals surface area contributed by atoms with Crippen LogP contribution in [0.25, 0.3) is 0 Å². The van der Waals surface area contributed by atoms with Gasteiger partial charge in [-0.2, -0.15) is 5.10 Å². The largest absolute Gasteiger partial charge is 0.310 e. The molecular weight excluding hydrogens is 198 g/mol. The molecule has 0 amide bonds. The highest BCUT2D eigenvalue weighted by molar-refractivity contribution is 5.05. The number of nitrogens with one attached hydrogen (secondary N) is 1. The zero-order valence-corrected chi connectivity index (χ0v) is 10.4. The predicted molar refractivity (Wildman–Crippen MR) is 66.2 cm³/mol. The molecule has 0 saturated heterocycles. The SMILES string of the molecule is CCCC1CC1NCc1cnn(CCC)c1. The zero-order valence-electron chi connectivity index (χ0n) is 10.4. The highest BCUT2D eigenvalue weighted by Crippen LogP contribution is 2.34. The van der Waals surface area contributed by atoms with Gasteiger partial charge in [0.1, 0.15) is 0 Å². The Hall–Kier alpha value is -0.830. The summed E-state index contributed by atoms with van der Waals surface area (Å²) in [7, 11) is 0. The van der Waals surface area contributed by atoms with Crippen molar-refractivity contribution in [3.8, 4) is 0 Å². The zero-order chi connectivity index (χ0) is 11.4. The van der Waals surface area contributed by atoms with E-state index in [0.717, 1.165) is 31.5 Å². The Morgan fingerprint density at radius 1 is 1.44 bits per heavy atom. The van der Waals surface area contributed by atoms with Crippen LogP contribution >= 0.6 is 0 Å². The predicted octanol–water partition coefficient (Wildman–Crippen LogP) is 2.57. The van der Waals surface area contributed by atoms with E-state index in [-0.39, 0.29) is 0 Å². The Labute approximate surface area is 98.2 Å². The second-order valence-corrected chi connectivity index (χ2v) is 4.88. The van der Waals surface area contributed by atoms with Crippen molar-refractivity contribution < 1.29 is 0 Å².